The molecule has 1 heterocycles. The van der Waals surface area contributed by atoms with Gasteiger partial charge in [0.05, 0.1) is 5.69 Å². The minimum Gasteiger partial charge on any atom is -0.366 e. The molecule has 0 aliphatic rings. The Bertz CT molecular complexity index is 930. The maximum Gasteiger partial charge on any atom is 0.255 e. The Morgan fingerprint density at radius 3 is 2.38 bits per heavy atom. The first-order chi connectivity index (χ1) is 12.5. The first kappa shape index (κ1) is 17.5. The number of anilines is 2. The first-order valence-corrected chi connectivity index (χ1v) is 7.72. The van der Waals surface area contributed by atoms with Crippen LogP contribution in [0, 0.1) is 17.5 Å². The van der Waals surface area contributed by atoms with Crippen LogP contribution in [0.15, 0.2) is 60.8 Å². The van der Waals surface area contributed by atoms with E-state index in [4.69, 9.17) is 0 Å². The average Bonchev–Trinajstić information content (AvgIpc) is 2.64. The van der Waals surface area contributed by atoms with E-state index in [1.165, 1.54) is 30.5 Å². The molecule has 0 bridgehead atoms. The van der Waals surface area contributed by atoms with Crippen LogP contribution in [0.2, 0.25) is 0 Å². The molecule has 0 atom stereocenters. The van der Waals surface area contributed by atoms with Gasteiger partial charge in [0.1, 0.15) is 23.3 Å². The average molecular weight is 357 g/mol. The van der Waals surface area contributed by atoms with Gasteiger partial charge >= 0.3 is 0 Å². The standard InChI is InChI=1S/C19H14F3N3O/c20-14-3-1-12(2-4-14)11-24-18-9-13(7-8-23-18)19(26)25-17-6-5-15(21)10-16(17)22/h1-10H,11H2,(H,23,24)(H,25,26). The van der Waals surface area contributed by atoms with E-state index in [0.29, 0.717) is 18.4 Å². The number of halogens is 3. The highest BCUT2D eigenvalue weighted by Crippen LogP contribution is 2.17. The number of aromatic nitrogens is 1. The van der Waals surface area contributed by atoms with Gasteiger partial charge in [-0.15, -0.1) is 0 Å². The molecule has 0 aliphatic carbocycles. The molecule has 4 nitrogen and oxygen atoms in total. The zero-order chi connectivity index (χ0) is 18.5. The molecule has 26 heavy (non-hydrogen) atoms. The summed E-state index contributed by atoms with van der Waals surface area (Å²) in [5.74, 6) is -2.03. The van der Waals surface area contributed by atoms with Crippen molar-refractivity contribution in [2.45, 2.75) is 6.54 Å². The molecule has 3 aromatic rings. The lowest BCUT2D eigenvalue weighted by Crippen LogP contribution is -2.14. The molecule has 0 unspecified atom stereocenters. The molecule has 0 radical (unpaired) electrons. The van der Waals surface area contributed by atoms with Gasteiger partial charge in [-0.1, -0.05) is 12.1 Å². The molecule has 1 amide bonds. The predicted molar refractivity (Wildman–Crippen MR) is 92.3 cm³/mol. The fraction of sp³-hybridized carbons (Fsp3) is 0.0526. The molecule has 3 rings (SSSR count). The molecule has 1 aromatic heterocycles. The Morgan fingerprint density at radius 2 is 1.65 bits per heavy atom. The number of carbonyl (C=O) groups is 1. The van der Waals surface area contributed by atoms with Crippen LogP contribution >= 0.6 is 0 Å². The van der Waals surface area contributed by atoms with Crippen molar-refractivity contribution in [2.75, 3.05) is 10.6 Å². The lowest BCUT2D eigenvalue weighted by atomic mass is 10.2. The number of pyridine rings is 1. The van der Waals surface area contributed by atoms with Gasteiger partial charge in [0.2, 0.25) is 0 Å². The largest absolute Gasteiger partial charge is 0.366 e. The zero-order valence-corrected chi connectivity index (χ0v) is 13.5. The molecule has 2 N–H and O–H groups in total. The van der Waals surface area contributed by atoms with Gasteiger partial charge < -0.3 is 10.6 Å². The van der Waals surface area contributed by atoms with E-state index < -0.39 is 17.5 Å². The highest BCUT2D eigenvalue weighted by atomic mass is 19.1. The molecule has 0 fully saturated rings. The Morgan fingerprint density at radius 1 is 0.923 bits per heavy atom. The molecule has 0 saturated carbocycles. The molecule has 2 aromatic carbocycles. The number of amides is 1. The Kier molecular flexibility index (Phi) is 5.17. The summed E-state index contributed by atoms with van der Waals surface area (Å²) in [5.41, 5.74) is 0.982. The second-order valence-electron chi connectivity index (χ2n) is 5.49. The molecular weight excluding hydrogens is 343 g/mol. The summed E-state index contributed by atoms with van der Waals surface area (Å²) in [5, 5.41) is 5.40. The van der Waals surface area contributed by atoms with Gasteiger partial charge in [-0.05, 0) is 42.0 Å². The van der Waals surface area contributed by atoms with Crippen LogP contribution in [-0.4, -0.2) is 10.9 Å². The molecule has 0 aliphatic heterocycles. The number of rotatable bonds is 5. The van der Waals surface area contributed by atoms with E-state index in [9.17, 15) is 18.0 Å². The predicted octanol–water partition coefficient (Wildman–Crippen LogP) is 4.36. The van der Waals surface area contributed by atoms with Crippen molar-refractivity contribution < 1.29 is 18.0 Å². The van der Waals surface area contributed by atoms with Crippen LogP contribution in [0.25, 0.3) is 0 Å². The van der Waals surface area contributed by atoms with Crippen LogP contribution in [0.3, 0.4) is 0 Å². The van der Waals surface area contributed by atoms with Gasteiger partial charge in [-0.2, -0.15) is 0 Å². The number of nitrogens with zero attached hydrogens (tertiary/aromatic N) is 1. The van der Waals surface area contributed by atoms with Crippen LogP contribution in [0.1, 0.15) is 15.9 Å². The van der Waals surface area contributed by atoms with Gasteiger partial charge in [-0.3, -0.25) is 4.79 Å². The third-order valence-corrected chi connectivity index (χ3v) is 3.59. The van der Waals surface area contributed by atoms with Crippen molar-refractivity contribution in [1.29, 1.82) is 0 Å². The van der Waals surface area contributed by atoms with Crippen molar-refractivity contribution in [1.82, 2.24) is 4.98 Å². The van der Waals surface area contributed by atoms with E-state index in [0.717, 1.165) is 17.7 Å². The fourth-order valence-corrected chi connectivity index (χ4v) is 2.25. The quantitative estimate of drug-likeness (QED) is 0.713. The summed E-state index contributed by atoms with van der Waals surface area (Å²) in [6.45, 7) is 0.394. The number of hydrogen-bond acceptors (Lipinski definition) is 3. The normalized spacial score (nSPS) is 10.4. The lowest BCUT2D eigenvalue weighted by Gasteiger charge is -2.09. The van der Waals surface area contributed by atoms with Gasteiger partial charge in [0, 0.05) is 24.4 Å². The highest BCUT2D eigenvalue weighted by molar-refractivity contribution is 6.04. The Labute approximate surface area is 147 Å². The van der Waals surface area contributed by atoms with Crippen LogP contribution in [-0.2, 0) is 6.54 Å². The Hall–Kier alpha value is -3.35. The third-order valence-electron chi connectivity index (χ3n) is 3.59. The van der Waals surface area contributed by atoms with Gasteiger partial charge in [-0.25, -0.2) is 18.2 Å². The summed E-state index contributed by atoms with van der Waals surface area (Å²) < 4.78 is 39.5. The maximum absolute atomic E-state index is 13.6. The first-order valence-electron chi connectivity index (χ1n) is 7.72. The van der Waals surface area contributed by atoms with E-state index >= 15 is 0 Å². The van der Waals surface area contributed by atoms with E-state index in [1.54, 1.807) is 12.1 Å². The summed E-state index contributed by atoms with van der Waals surface area (Å²) in [4.78, 5) is 16.3. The van der Waals surface area contributed by atoms with Crippen LogP contribution in [0.4, 0.5) is 24.7 Å². The van der Waals surface area contributed by atoms with E-state index in [2.05, 4.69) is 15.6 Å². The number of nitrogens with one attached hydrogen (secondary N) is 2. The number of benzene rings is 2. The summed E-state index contributed by atoms with van der Waals surface area (Å²) in [6.07, 6.45) is 1.43. The highest BCUT2D eigenvalue weighted by Gasteiger charge is 2.11. The third kappa shape index (κ3) is 4.38. The SMILES string of the molecule is O=C(Nc1ccc(F)cc1F)c1ccnc(NCc2ccc(F)cc2)c1. The van der Waals surface area contributed by atoms with Gasteiger partial charge in [0.25, 0.3) is 5.91 Å². The van der Waals surface area contributed by atoms with Crippen molar-refractivity contribution in [2.24, 2.45) is 0 Å². The van der Waals surface area contributed by atoms with Crippen molar-refractivity contribution in [3.63, 3.8) is 0 Å². The van der Waals surface area contributed by atoms with E-state index in [-0.39, 0.29) is 17.1 Å². The molecule has 0 spiro atoms. The van der Waals surface area contributed by atoms with Crippen molar-refractivity contribution in [3.8, 4) is 0 Å². The van der Waals surface area contributed by atoms with E-state index in [1.807, 2.05) is 0 Å². The van der Waals surface area contributed by atoms with Crippen LogP contribution < -0.4 is 10.6 Å². The van der Waals surface area contributed by atoms with Crippen molar-refractivity contribution >= 4 is 17.4 Å². The van der Waals surface area contributed by atoms with Crippen LogP contribution in [0.5, 0.6) is 0 Å². The van der Waals surface area contributed by atoms with Gasteiger partial charge in [0.15, 0.2) is 0 Å². The minimum absolute atomic E-state index is 0.117. The lowest BCUT2D eigenvalue weighted by molar-refractivity contribution is 0.102. The second kappa shape index (κ2) is 7.69. The summed E-state index contributed by atoms with van der Waals surface area (Å²) in [6, 6.07) is 11.8. The molecule has 0 saturated heterocycles. The minimum atomic E-state index is -0.859. The molecule has 7 heteroatoms. The smallest absolute Gasteiger partial charge is 0.255 e. The molecule has 132 valence electrons. The zero-order valence-electron chi connectivity index (χ0n) is 13.5. The second-order valence-corrected chi connectivity index (χ2v) is 5.49. The maximum atomic E-state index is 13.6. The number of hydrogen-bond donors (Lipinski definition) is 2. The fourth-order valence-electron chi connectivity index (χ4n) is 2.25. The summed E-state index contributed by atoms with van der Waals surface area (Å²) >= 11 is 0. The van der Waals surface area contributed by atoms with Crippen molar-refractivity contribution in [3.05, 3.63) is 89.4 Å². The number of carbonyl (C=O) groups excluding carboxylic acids is 1. The summed E-state index contributed by atoms with van der Waals surface area (Å²) in [7, 11) is 0. The monoisotopic (exact) mass is 357 g/mol. The molecular formula is C19H14F3N3O. The topological polar surface area (TPSA) is 54.0 Å². The Balaban J connectivity index is 1.67.